The zero-order chi connectivity index (χ0) is 18.3. The fraction of sp³-hybridized carbons (Fsp3) is 0.368. The monoisotopic (exact) mass is 343 g/mol. The van der Waals surface area contributed by atoms with E-state index in [2.05, 4.69) is 48.7 Å². The number of H-pyrrole nitrogens is 1. The number of carbonyl (C=O) groups is 2. The molecule has 2 aromatic rings. The summed E-state index contributed by atoms with van der Waals surface area (Å²) in [4.78, 5) is 26.1. The molecular weight excluding hydrogens is 318 g/mol. The average Bonchev–Trinajstić information content (AvgIpc) is 3.11. The molecule has 1 aromatic heterocycles. The highest BCUT2D eigenvalue weighted by Crippen LogP contribution is 2.24. The van der Waals surface area contributed by atoms with Crippen molar-refractivity contribution >= 4 is 11.8 Å². The molecule has 1 aromatic carbocycles. The van der Waals surface area contributed by atoms with E-state index in [1.165, 1.54) is 5.56 Å². The normalized spacial score (nSPS) is 11.0. The van der Waals surface area contributed by atoms with Crippen LogP contribution in [0.3, 0.4) is 0 Å². The van der Waals surface area contributed by atoms with E-state index in [-0.39, 0.29) is 23.7 Å². The Balaban J connectivity index is 1.64. The molecule has 0 fully saturated rings. The lowest BCUT2D eigenvalue weighted by molar-refractivity contribution is -0.122. The van der Waals surface area contributed by atoms with Gasteiger partial charge in [0, 0.05) is 12.6 Å². The van der Waals surface area contributed by atoms with Crippen molar-refractivity contribution in [3.8, 4) is 5.75 Å². The van der Waals surface area contributed by atoms with Gasteiger partial charge in [0.2, 0.25) is 5.91 Å². The maximum atomic E-state index is 11.7. The van der Waals surface area contributed by atoms with Crippen molar-refractivity contribution in [1.82, 2.24) is 15.8 Å². The van der Waals surface area contributed by atoms with Crippen LogP contribution >= 0.6 is 0 Å². The minimum Gasteiger partial charge on any atom is -0.494 e. The highest BCUT2D eigenvalue weighted by Gasteiger charge is 2.13. The van der Waals surface area contributed by atoms with E-state index in [0.717, 1.165) is 5.75 Å². The molecular formula is C19H25N3O3. The first-order chi connectivity index (χ1) is 11.9. The molecule has 2 amide bonds. The molecule has 0 unspecified atom stereocenters. The van der Waals surface area contributed by atoms with Gasteiger partial charge in [0.25, 0.3) is 5.91 Å². The number of ether oxygens (including phenoxy) is 1. The van der Waals surface area contributed by atoms with Gasteiger partial charge in [-0.3, -0.25) is 20.4 Å². The minimum atomic E-state index is -0.381. The summed E-state index contributed by atoms with van der Waals surface area (Å²) in [7, 11) is 0. The Hall–Kier alpha value is -2.76. The van der Waals surface area contributed by atoms with Gasteiger partial charge in [0.15, 0.2) is 0 Å². The minimum absolute atomic E-state index is 0.112. The van der Waals surface area contributed by atoms with E-state index in [1.807, 2.05) is 12.1 Å². The summed E-state index contributed by atoms with van der Waals surface area (Å²) in [5.74, 6) is 0.147. The lowest BCUT2D eigenvalue weighted by Gasteiger charge is -2.19. The van der Waals surface area contributed by atoms with Crippen LogP contribution in [-0.2, 0) is 10.2 Å². The summed E-state index contributed by atoms with van der Waals surface area (Å²) >= 11 is 0. The first-order valence-corrected chi connectivity index (χ1v) is 8.32. The van der Waals surface area contributed by atoms with Gasteiger partial charge < -0.3 is 9.72 Å². The van der Waals surface area contributed by atoms with Crippen LogP contribution in [0.4, 0.5) is 0 Å². The van der Waals surface area contributed by atoms with Crippen molar-refractivity contribution in [1.29, 1.82) is 0 Å². The number of aromatic nitrogens is 1. The predicted octanol–water partition coefficient (Wildman–Crippen LogP) is 2.93. The zero-order valence-corrected chi connectivity index (χ0v) is 14.9. The van der Waals surface area contributed by atoms with Crippen LogP contribution in [0.2, 0.25) is 0 Å². The molecule has 0 bridgehead atoms. The number of hydrogen-bond acceptors (Lipinski definition) is 3. The van der Waals surface area contributed by atoms with Gasteiger partial charge >= 0.3 is 0 Å². The SMILES string of the molecule is CC(C)(C)c1ccc(OCCCC(=O)NNC(=O)c2ccc[nH]2)cc1. The van der Waals surface area contributed by atoms with Gasteiger partial charge in [-0.2, -0.15) is 0 Å². The molecule has 0 saturated heterocycles. The highest BCUT2D eigenvalue weighted by atomic mass is 16.5. The van der Waals surface area contributed by atoms with Crippen LogP contribution in [0.1, 0.15) is 49.7 Å². The van der Waals surface area contributed by atoms with E-state index in [1.54, 1.807) is 18.3 Å². The standard InChI is InChI=1S/C19H25N3O3/c1-19(2,3)14-8-10-15(11-9-14)25-13-5-7-17(23)21-22-18(24)16-6-4-12-20-16/h4,6,8-12,20H,5,7,13H2,1-3H3,(H,21,23)(H,22,24). The van der Waals surface area contributed by atoms with E-state index in [9.17, 15) is 9.59 Å². The predicted molar refractivity (Wildman–Crippen MR) is 96.3 cm³/mol. The van der Waals surface area contributed by atoms with Crippen molar-refractivity contribution in [3.63, 3.8) is 0 Å². The summed E-state index contributed by atoms with van der Waals surface area (Å²) in [6, 6.07) is 11.3. The molecule has 2 rings (SSSR count). The van der Waals surface area contributed by atoms with Crippen LogP contribution in [0.15, 0.2) is 42.6 Å². The third-order valence-corrected chi connectivity index (χ3v) is 3.70. The van der Waals surface area contributed by atoms with Gasteiger partial charge in [-0.15, -0.1) is 0 Å². The quantitative estimate of drug-likeness (QED) is 0.557. The van der Waals surface area contributed by atoms with Crippen LogP contribution in [0.5, 0.6) is 5.75 Å². The van der Waals surface area contributed by atoms with Crippen LogP contribution in [0, 0.1) is 0 Å². The Morgan fingerprint density at radius 3 is 2.40 bits per heavy atom. The van der Waals surface area contributed by atoms with Crippen molar-refractivity contribution < 1.29 is 14.3 Å². The Morgan fingerprint density at radius 1 is 1.08 bits per heavy atom. The number of benzene rings is 1. The number of rotatable bonds is 6. The third kappa shape index (κ3) is 5.99. The van der Waals surface area contributed by atoms with E-state index in [4.69, 9.17) is 4.74 Å². The molecule has 3 N–H and O–H groups in total. The van der Waals surface area contributed by atoms with E-state index in [0.29, 0.717) is 18.7 Å². The van der Waals surface area contributed by atoms with E-state index >= 15 is 0 Å². The first kappa shape index (κ1) is 18.6. The Labute approximate surface area is 147 Å². The van der Waals surface area contributed by atoms with E-state index < -0.39 is 0 Å². The van der Waals surface area contributed by atoms with Crippen LogP contribution in [-0.4, -0.2) is 23.4 Å². The third-order valence-electron chi connectivity index (χ3n) is 3.70. The summed E-state index contributed by atoms with van der Waals surface area (Å²) in [5, 5.41) is 0. The molecule has 0 atom stereocenters. The van der Waals surface area contributed by atoms with Crippen molar-refractivity contribution in [3.05, 3.63) is 53.9 Å². The zero-order valence-electron chi connectivity index (χ0n) is 14.9. The van der Waals surface area contributed by atoms with Crippen LogP contribution in [0.25, 0.3) is 0 Å². The number of nitrogens with one attached hydrogen (secondary N) is 3. The number of hydrazine groups is 1. The Bertz CT molecular complexity index is 686. The average molecular weight is 343 g/mol. The summed E-state index contributed by atoms with van der Waals surface area (Å²) < 4.78 is 5.64. The van der Waals surface area contributed by atoms with Gasteiger partial charge in [0.1, 0.15) is 11.4 Å². The summed E-state index contributed by atoms with van der Waals surface area (Å²) in [6.45, 7) is 6.93. The van der Waals surface area contributed by atoms with Gasteiger partial charge in [-0.1, -0.05) is 32.9 Å². The molecule has 1 heterocycles. The second-order valence-electron chi connectivity index (χ2n) is 6.81. The Morgan fingerprint density at radius 2 is 1.80 bits per heavy atom. The largest absolute Gasteiger partial charge is 0.494 e. The topological polar surface area (TPSA) is 83.2 Å². The molecule has 6 nitrogen and oxygen atoms in total. The maximum Gasteiger partial charge on any atom is 0.286 e. The number of carbonyl (C=O) groups excluding carboxylic acids is 2. The smallest absolute Gasteiger partial charge is 0.286 e. The van der Waals surface area contributed by atoms with Gasteiger partial charge in [-0.05, 0) is 41.7 Å². The second-order valence-corrected chi connectivity index (χ2v) is 6.81. The number of hydrogen-bond donors (Lipinski definition) is 3. The lowest BCUT2D eigenvalue weighted by atomic mass is 9.87. The van der Waals surface area contributed by atoms with Crippen molar-refractivity contribution in [2.24, 2.45) is 0 Å². The lowest BCUT2D eigenvalue weighted by Crippen LogP contribution is -2.41. The molecule has 0 aliphatic carbocycles. The van der Waals surface area contributed by atoms with Gasteiger partial charge in [-0.25, -0.2) is 0 Å². The molecule has 0 radical (unpaired) electrons. The molecule has 0 spiro atoms. The molecule has 0 aliphatic heterocycles. The molecule has 25 heavy (non-hydrogen) atoms. The van der Waals surface area contributed by atoms with Crippen LogP contribution < -0.4 is 15.6 Å². The first-order valence-electron chi connectivity index (χ1n) is 8.32. The molecule has 0 saturated carbocycles. The molecule has 0 aliphatic rings. The number of amides is 2. The fourth-order valence-electron chi connectivity index (χ4n) is 2.20. The molecule has 6 heteroatoms. The van der Waals surface area contributed by atoms with Crippen molar-refractivity contribution in [2.45, 2.75) is 39.0 Å². The number of aromatic amines is 1. The van der Waals surface area contributed by atoms with Gasteiger partial charge in [0.05, 0.1) is 6.61 Å². The molecule has 134 valence electrons. The summed E-state index contributed by atoms with van der Waals surface area (Å²) in [5.41, 5.74) is 6.48. The second kappa shape index (κ2) is 8.37. The highest BCUT2D eigenvalue weighted by molar-refractivity contribution is 5.93. The summed E-state index contributed by atoms with van der Waals surface area (Å²) in [6.07, 6.45) is 2.47. The maximum absolute atomic E-state index is 11.7. The Kier molecular flexibility index (Phi) is 6.22. The fourth-order valence-corrected chi connectivity index (χ4v) is 2.20. The van der Waals surface area contributed by atoms with Crippen molar-refractivity contribution in [2.75, 3.05) is 6.61 Å².